The molecular formula is C27H22BrN5O. The second kappa shape index (κ2) is 8.76. The number of hydrogen-bond donors (Lipinski definition) is 2. The number of nitrogen functional groups attached to an aromatic ring is 1. The van der Waals surface area contributed by atoms with E-state index in [1.54, 1.807) is 0 Å². The van der Waals surface area contributed by atoms with Crippen molar-refractivity contribution in [2.75, 3.05) is 5.73 Å². The summed E-state index contributed by atoms with van der Waals surface area (Å²) in [7, 11) is 0. The zero-order chi connectivity index (χ0) is 22.4. The SMILES string of the molecule is Nc1nc2c(c(=O)[nH]1)n(Cc1ccc3ccccc3c1)c[n+]2Cc1ccc2ccccc2c1.[Br-]. The van der Waals surface area contributed by atoms with Crippen LogP contribution in [0.25, 0.3) is 32.7 Å². The van der Waals surface area contributed by atoms with Crippen molar-refractivity contribution in [1.82, 2.24) is 14.5 Å². The number of rotatable bonds is 4. The third-order valence-electron chi connectivity index (χ3n) is 6.07. The zero-order valence-electron chi connectivity index (χ0n) is 18.3. The van der Waals surface area contributed by atoms with Crippen molar-refractivity contribution in [1.29, 1.82) is 0 Å². The Morgan fingerprint density at radius 2 is 1.41 bits per heavy atom. The first-order valence-corrected chi connectivity index (χ1v) is 10.9. The quantitative estimate of drug-likeness (QED) is 0.346. The minimum Gasteiger partial charge on any atom is -1.00 e. The van der Waals surface area contributed by atoms with Crippen LogP contribution in [0.4, 0.5) is 5.95 Å². The molecule has 6 rings (SSSR count). The van der Waals surface area contributed by atoms with Crippen molar-refractivity contribution in [3.8, 4) is 0 Å². The van der Waals surface area contributed by atoms with Gasteiger partial charge in [-0.25, -0.2) is 4.57 Å². The molecule has 7 heteroatoms. The highest BCUT2D eigenvalue weighted by molar-refractivity contribution is 5.83. The lowest BCUT2D eigenvalue weighted by molar-refractivity contribution is -0.665. The summed E-state index contributed by atoms with van der Waals surface area (Å²) in [5.41, 5.74) is 8.98. The number of aromatic amines is 1. The number of benzene rings is 4. The van der Waals surface area contributed by atoms with Crippen LogP contribution in [-0.4, -0.2) is 14.5 Å². The molecule has 0 fully saturated rings. The minimum absolute atomic E-state index is 0. The minimum atomic E-state index is -0.240. The lowest BCUT2D eigenvalue weighted by atomic mass is 10.1. The van der Waals surface area contributed by atoms with Gasteiger partial charge in [-0.3, -0.25) is 14.3 Å². The Bertz CT molecular complexity index is 1720. The second-order valence-electron chi connectivity index (χ2n) is 8.36. The van der Waals surface area contributed by atoms with E-state index in [-0.39, 0.29) is 28.5 Å². The van der Waals surface area contributed by atoms with Crippen LogP contribution in [-0.2, 0) is 13.1 Å². The first-order chi connectivity index (χ1) is 16.1. The van der Waals surface area contributed by atoms with E-state index in [4.69, 9.17) is 5.73 Å². The van der Waals surface area contributed by atoms with E-state index in [1.165, 1.54) is 21.5 Å². The molecule has 0 bridgehead atoms. The number of hydrogen-bond acceptors (Lipinski definition) is 3. The van der Waals surface area contributed by atoms with Gasteiger partial charge >= 0.3 is 5.65 Å². The monoisotopic (exact) mass is 511 g/mol. The molecule has 0 aliphatic rings. The van der Waals surface area contributed by atoms with Crippen molar-refractivity contribution in [2.45, 2.75) is 13.1 Å². The fraction of sp³-hybridized carbons (Fsp3) is 0.0741. The van der Waals surface area contributed by atoms with Crippen LogP contribution in [0, 0.1) is 0 Å². The fourth-order valence-electron chi connectivity index (χ4n) is 4.52. The molecule has 34 heavy (non-hydrogen) atoms. The molecule has 0 unspecified atom stereocenters. The number of nitrogens with zero attached hydrogens (tertiary/aromatic N) is 3. The summed E-state index contributed by atoms with van der Waals surface area (Å²) in [5.74, 6) is 0.114. The summed E-state index contributed by atoms with van der Waals surface area (Å²) in [6.07, 6.45) is 1.96. The van der Waals surface area contributed by atoms with Crippen molar-refractivity contribution < 1.29 is 21.5 Å². The molecule has 0 atom stereocenters. The van der Waals surface area contributed by atoms with Crippen molar-refractivity contribution in [3.63, 3.8) is 0 Å². The van der Waals surface area contributed by atoms with Crippen molar-refractivity contribution in [3.05, 3.63) is 113 Å². The molecule has 4 aromatic carbocycles. The molecule has 0 amide bonds. The van der Waals surface area contributed by atoms with E-state index < -0.39 is 0 Å². The van der Waals surface area contributed by atoms with Gasteiger partial charge in [0.15, 0.2) is 6.33 Å². The molecule has 168 valence electrons. The molecule has 0 radical (unpaired) electrons. The number of aromatic nitrogens is 4. The largest absolute Gasteiger partial charge is 1.00 e. The van der Waals surface area contributed by atoms with E-state index >= 15 is 0 Å². The highest BCUT2D eigenvalue weighted by Gasteiger charge is 2.22. The van der Waals surface area contributed by atoms with Gasteiger partial charge in [0.1, 0.15) is 0 Å². The predicted molar refractivity (Wildman–Crippen MR) is 131 cm³/mol. The predicted octanol–water partition coefficient (Wildman–Crippen LogP) is 1.00. The maximum Gasteiger partial charge on any atom is 0.311 e. The molecule has 2 heterocycles. The summed E-state index contributed by atoms with van der Waals surface area (Å²) in [5, 5.41) is 4.74. The number of anilines is 1. The Morgan fingerprint density at radius 1 is 0.824 bits per heavy atom. The van der Waals surface area contributed by atoms with Crippen LogP contribution in [0.2, 0.25) is 0 Å². The summed E-state index contributed by atoms with van der Waals surface area (Å²) >= 11 is 0. The van der Waals surface area contributed by atoms with Gasteiger partial charge in [-0.1, -0.05) is 77.8 Å². The molecule has 0 spiro atoms. The Balaban J connectivity index is 0.00000241. The van der Waals surface area contributed by atoms with E-state index in [0.29, 0.717) is 24.3 Å². The molecule has 0 aliphatic carbocycles. The Morgan fingerprint density at radius 3 is 2.09 bits per heavy atom. The number of nitrogens with one attached hydrogen (secondary N) is 1. The second-order valence-corrected chi connectivity index (χ2v) is 8.36. The number of nitrogens with two attached hydrogens (primary N) is 1. The number of imidazole rings is 1. The Kier molecular flexibility index (Phi) is 5.63. The summed E-state index contributed by atoms with van der Waals surface area (Å²) in [4.78, 5) is 20.0. The van der Waals surface area contributed by atoms with Crippen LogP contribution < -0.4 is 32.8 Å². The molecule has 0 aliphatic heterocycles. The maximum atomic E-state index is 12.9. The lowest BCUT2D eigenvalue weighted by Crippen LogP contribution is -3.00. The average molecular weight is 512 g/mol. The van der Waals surface area contributed by atoms with Crippen LogP contribution in [0.15, 0.2) is 96.1 Å². The van der Waals surface area contributed by atoms with Crippen LogP contribution in [0.5, 0.6) is 0 Å². The molecule has 2 aromatic heterocycles. The summed E-state index contributed by atoms with van der Waals surface area (Å²) < 4.78 is 3.94. The summed E-state index contributed by atoms with van der Waals surface area (Å²) in [6.45, 7) is 1.14. The zero-order valence-corrected chi connectivity index (χ0v) is 19.9. The van der Waals surface area contributed by atoms with Gasteiger partial charge < -0.3 is 22.7 Å². The van der Waals surface area contributed by atoms with Gasteiger partial charge in [0.2, 0.25) is 5.52 Å². The molecule has 6 nitrogen and oxygen atoms in total. The first-order valence-electron chi connectivity index (χ1n) is 10.9. The summed E-state index contributed by atoms with van der Waals surface area (Å²) in [6, 6.07) is 29.3. The molecule has 6 aromatic rings. The highest BCUT2D eigenvalue weighted by Crippen LogP contribution is 2.19. The topological polar surface area (TPSA) is 80.6 Å². The van der Waals surface area contributed by atoms with Crippen LogP contribution in [0.1, 0.15) is 11.1 Å². The first kappa shape index (κ1) is 21.9. The number of fused-ring (bicyclic) bond motifs is 3. The van der Waals surface area contributed by atoms with Gasteiger partial charge in [-0.2, -0.15) is 0 Å². The Labute approximate surface area is 206 Å². The van der Waals surface area contributed by atoms with E-state index in [1.807, 2.05) is 39.7 Å². The van der Waals surface area contributed by atoms with Crippen molar-refractivity contribution >= 4 is 38.7 Å². The average Bonchev–Trinajstić information content (AvgIpc) is 3.15. The highest BCUT2D eigenvalue weighted by atomic mass is 79.9. The van der Waals surface area contributed by atoms with Crippen LogP contribution >= 0.6 is 0 Å². The third kappa shape index (κ3) is 3.95. The van der Waals surface area contributed by atoms with E-state index in [0.717, 1.165) is 11.1 Å². The van der Waals surface area contributed by atoms with Gasteiger partial charge in [0.05, 0.1) is 13.1 Å². The number of H-pyrrole nitrogens is 1. The fourth-order valence-corrected chi connectivity index (χ4v) is 4.52. The van der Waals surface area contributed by atoms with E-state index in [2.05, 4.69) is 70.6 Å². The van der Waals surface area contributed by atoms with Gasteiger partial charge in [0.25, 0.3) is 11.5 Å². The van der Waals surface area contributed by atoms with Gasteiger partial charge in [-0.05, 0) is 44.8 Å². The Hall–Kier alpha value is -3.97. The van der Waals surface area contributed by atoms with Crippen LogP contribution in [0.3, 0.4) is 0 Å². The standard InChI is InChI=1S/C27H21N5O.BrH/c28-27-29-25-24(26(33)30-27)31(15-18-9-11-20-5-1-3-7-22(20)13-18)17-32(25)16-19-10-12-21-6-2-4-8-23(21)14-19;/h1-14,17H,15-16H2,(H2-,28,29,30,33);1H. The van der Waals surface area contributed by atoms with Crippen molar-refractivity contribution in [2.24, 2.45) is 0 Å². The normalized spacial score (nSPS) is 11.2. The van der Waals surface area contributed by atoms with Gasteiger partial charge in [-0.15, -0.1) is 0 Å². The molecule has 0 saturated heterocycles. The third-order valence-corrected chi connectivity index (χ3v) is 6.07. The molecule has 0 saturated carbocycles. The van der Waals surface area contributed by atoms with E-state index in [9.17, 15) is 4.79 Å². The molecular weight excluding hydrogens is 490 g/mol. The lowest BCUT2D eigenvalue weighted by Gasteiger charge is -2.03. The maximum absolute atomic E-state index is 12.9. The smallest absolute Gasteiger partial charge is 0.311 e. The van der Waals surface area contributed by atoms with Gasteiger partial charge in [0, 0.05) is 0 Å². The number of halogens is 1. The molecule has 3 N–H and O–H groups in total.